The van der Waals surface area contributed by atoms with Crippen LogP contribution in [0.3, 0.4) is 0 Å². The summed E-state index contributed by atoms with van der Waals surface area (Å²) in [6.07, 6.45) is 10.0. The molecule has 36 heavy (non-hydrogen) atoms. The number of allylic oxidation sites excluding steroid dienone is 2. The van der Waals surface area contributed by atoms with Gasteiger partial charge in [0.1, 0.15) is 12.4 Å². The maximum Gasteiger partial charge on any atom is 0.302 e. The molecule has 4 heteroatoms. The summed E-state index contributed by atoms with van der Waals surface area (Å²) in [6.45, 7) is 18.1. The van der Waals surface area contributed by atoms with E-state index in [4.69, 9.17) is 4.74 Å². The molecule has 0 N–H and O–H groups in total. The van der Waals surface area contributed by atoms with Gasteiger partial charge in [-0.05, 0) is 102 Å². The quantitative estimate of drug-likeness (QED) is 0.309. The molecule has 4 saturated carbocycles. The lowest BCUT2D eigenvalue weighted by Gasteiger charge is -2.72. The second kappa shape index (κ2) is 8.03. The molecular weight excluding hydrogens is 448 g/mol. The molecule has 200 valence electrons. The molecule has 5 aliphatic rings. The number of ketones is 1. The topological polar surface area (TPSA) is 60.4 Å². The number of esters is 1. The Kier molecular flexibility index (Phi) is 5.83. The minimum Gasteiger partial charge on any atom is -0.462 e. The average Bonchev–Trinajstić information content (AvgIpc) is 3.09. The molecule has 0 saturated heterocycles. The van der Waals surface area contributed by atoms with Crippen molar-refractivity contribution in [2.45, 2.75) is 119 Å². The Morgan fingerprint density at radius 2 is 1.61 bits per heavy atom. The minimum atomic E-state index is -0.546. The Balaban J connectivity index is 1.56. The maximum absolute atomic E-state index is 13.3. The van der Waals surface area contributed by atoms with Gasteiger partial charge in [0.05, 0.1) is 5.41 Å². The highest BCUT2D eigenvalue weighted by Crippen LogP contribution is 2.76. The summed E-state index contributed by atoms with van der Waals surface area (Å²) in [4.78, 5) is 37.7. The molecule has 0 radical (unpaired) electrons. The lowest BCUT2D eigenvalue weighted by molar-refractivity contribution is -0.232. The molecule has 0 aromatic heterocycles. The van der Waals surface area contributed by atoms with Crippen LogP contribution in [0.5, 0.6) is 0 Å². The largest absolute Gasteiger partial charge is 0.462 e. The predicted octanol–water partition coefficient (Wildman–Crippen LogP) is 7.10. The van der Waals surface area contributed by atoms with Crippen molar-refractivity contribution >= 4 is 18.0 Å². The van der Waals surface area contributed by atoms with E-state index in [2.05, 4.69) is 48.5 Å². The second-order valence-electron chi connectivity index (χ2n) is 14.9. The van der Waals surface area contributed by atoms with Gasteiger partial charge in [0.2, 0.25) is 0 Å². The van der Waals surface area contributed by atoms with Crippen molar-refractivity contribution in [3.05, 3.63) is 11.1 Å². The lowest BCUT2D eigenvalue weighted by Crippen LogP contribution is -2.65. The number of carbonyl (C=O) groups excluding carboxylic acids is 3. The Labute approximate surface area is 218 Å². The van der Waals surface area contributed by atoms with Crippen LogP contribution in [0.25, 0.3) is 0 Å². The smallest absolute Gasteiger partial charge is 0.302 e. The molecule has 4 fully saturated rings. The molecule has 3 unspecified atom stereocenters. The van der Waals surface area contributed by atoms with Gasteiger partial charge in [-0.1, -0.05) is 48.5 Å². The molecular formula is C32H48O4. The highest BCUT2D eigenvalue weighted by molar-refractivity contribution is 6.03. The van der Waals surface area contributed by atoms with Crippen molar-refractivity contribution in [2.75, 3.05) is 0 Å². The monoisotopic (exact) mass is 496 g/mol. The third kappa shape index (κ3) is 3.14. The van der Waals surface area contributed by atoms with Crippen LogP contribution >= 0.6 is 0 Å². The van der Waals surface area contributed by atoms with Gasteiger partial charge in [0.25, 0.3) is 0 Å². The van der Waals surface area contributed by atoms with E-state index in [1.807, 2.05) is 0 Å². The summed E-state index contributed by atoms with van der Waals surface area (Å²) in [5.41, 5.74) is 2.12. The lowest BCUT2D eigenvalue weighted by atomic mass is 9.33. The number of aldehydes is 1. The van der Waals surface area contributed by atoms with Crippen molar-refractivity contribution in [1.82, 2.24) is 0 Å². The fraction of sp³-hybridized carbons (Fsp3) is 0.844. The first-order chi connectivity index (χ1) is 16.7. The molecule has 0 spiro atoms. The van der Waals surface area contributed by atoms with E-state index in [1.54, 1.807) is 6.92 Å². The molecule has 0 heterocycles. The van der Waals surface area contributed by atoms with Crippen molar-refractivity contribution in [3.63, 3.8) is 0 Å². The highest BCUT2D eigenvalue weighted by Gasteiger charge is 2.70. The van der Waals surface area contributed by atoms with Crippen LogP contribution in [-0.2, 0) is 19.1 Å². The van der Waals surface area contributed by atoms with E-state index in [1.165, 1.54) is 12.0 Å². The number of rotatable bonds is 3. The van der Waals surface area contributed by atoms with Crippen LogP contribution in [0.1, 0.15) is 113 Å². The Bertz CT molecular complexity index is 1020. The van der Waals surface area contributed by atoms with Gasteiger partial charge in [0.15, 0.2) is 5.78 Å². The zero-order valence-electron chi connectivity index (χ0n) is 24.0. The Morgan fingerprint density at radius 1 is 0.917 bits per heavy atom. The zero-order chi connectivity index (χ0) is 26.5. The Morgan fingerprint density at radius 3 is 2.22 bits per heavy atom. The van der Waals surface area contributed by atoms with Crippen molar-refractivity contribution in [2.24, 2.45) is 50.7 Å². The molecule has 0 amide bonds. The van der Waals surface area contributed by atoms with Crippen LogP contribution in [-0.4, -0.2) is 24.1 Å². The van der Waals surface area contributed by atoms with Crippen LogP contribution in [0.15, 0.2) is 11.1 Å². The van der Waals surface area contributed by atoms with E-state index in [-0.39, 0.29) is 45.4 Å². The summed E-state index contributed by atoms with van der Waals surface area (Å²) in [7, 11) is 0. The van der Waals surface area contributed by atoms with Crippen molar-refractivity contribution in [1.29, 1.82) is 0 Å². The van der Waals surface area contributed by atoms with Crippen LogP contribution < -0.4 is 0 Å². The first-order valence-corrected chi connectivity index (χ1v) is 14.6. The number of hydrogen-bond donors (Lipinski definition) is 0. The van der Waals surface area contributed by atoms with E-state index in [0.717, 1.165) is 56.8 Å². The van der Waals surface area contributed by atoms with E-state index in [9.17, 15) is 14.4 Å². The molecule has 0 aromatic rings. The van der Waals surface area contributed by atoms with Gasteiger partial charge < -0.3 is 9.53 Å². The number of Topliss-reactive ketones (excluding diaryl/α,β-unsaturated/α-hetero) is 1. The fourth-order valence-electron chi connectivity index (χ4n) is 11.2. The Hall–Kier alpha value is -1.45. The van der Waals surface area contributed by atoms with Gasteiger partial charge in [-0.2, -0.15) is 0 Å². The number of fused-ring (bicyclic) bond motifs is 7. The summed E-state index contributed by atoms with van der Waals surface area (Å²) >= 11 is 0. The molecule has 0 aliphatic heterocycles. The van der Waals surface area contributed by atoms with E-state index < -0.39 is 5.41 Å². The molecule has 0 bridgehead atoms. The number of hydrogen-bond acceptors (Lipinski definition) is 4. The first kappa shape index (κ1) is 26.2. The van der Waals surface area contributed by atoms with Crippen molar-refractivity contribution in [3.8, 4) is 0 Å². The summed E-state index contributed by atoms with van der Waals surface area (Å²) in [5.74, 6) is 1.69. The van der Waals surface area contributed by atoms with Gasteiger partial charge >= 0.3 is 5.97 Å². The van der Waals surface area contributed by atoms with Gasteiger partial charge in [-0.25, -0.2) is 0 Å². The number of carbonyl (C=O) groups is 3. The molecule has 5 aliphatic carbocycles. The molecule has 0 aromatic carbocycles. The molecule has 4 nitrogen and oxygen atoms in total. The maximum atomic E-state index is 13.3. The predicted molar refractivity (Wildman–Crippen MR) is 141 cm³/mol. The normalized spacial score (nSPS) is 47.5. The van der Waals surface area contributed by atoms with Crippen LogP contribution in [0.2, 0.25) is 0 Å². The summed E-state index contributed by atoms with van der Waals surface area (Å²) < 4.78 is 5.87. The minimum absolute atomic E-state index is 0.00416. The van der Waals surface area contributed by atoms with E-state index in [0.29, 0.717) is 24.2 Å². The molecule has 8 atom stereocenters. The van der Waals surface area contributed by atoms with E-state index >= 15 is 0 Å². The summed E-state index contributed by atoms with van der Waals surface area (Å²) in [6, 6.07) is 0. The van der Waals surface area contributed by atoms with Gasteiger partial charge in [-0.3, -0.25) is 9.59 Å². The highest BCUT2D eigenvalue weighted by atomic mass is 16.5. The second-order valence-corrected chi connectivity index (χ2v) is 14.9. The number of ether oxygens (including phenoxy) is 1. The standard InChI is InChI=1S/C32H48O4/c1-19(2)26-22(35)17-32(18-33)16-15-30(7)21(27(26)32)9-10-24-29(6)13-12-25(36-20(3)34)28(4,5)23(29)11-14-31(24,30)8/h18-19,21,23-25H,9-17H2,1-8H3/t21?,23?,24-,25+,29?,30-,31-,32+/m1/s1. The van der Waals surface area contributed by atoms with Crippen molar-refractivity contribution < 1.29 is 19.1 Å². The first-order valence-electron chi connectivity index (χ1n) is 14.6. The SMILES string of the molecule is CC(=O)O[C@H]1CCC2(C)C(CC[C@]3(C)[C@@H]2CCC2C4=C(C(C)C)C(=O)C[C@]4(C=O)CC[C@]23C)C1(C)C. The van der Waals surface area contributed by atoms with Gasteiger partial charge in [0, 0.05) is 18.8 Å². The average molecular weight is 497 g/mol. The third-order valence-electron chi connectivity index (χ3n) is 13.0. The zero-order valence-corrected chi connectivity index (χ0v) is 24.0. The van der Waals surface area contributed by atoms with Gasteiger partial charge in [-0.15, -0.1) is 0 Å². The van der Waals surface area contributed by atoms with Crippen LogP contribution in [0, 0.1) is 50.7 Å². The van der Waals surface area contributed by atoms with Crippen LogP contribution in [0.4, 0.5) is 0 Å². The summed E-state index contributed by atoms with van der Waals surface area (Å²) in [5, 5.41) is 0. The molecule has 5 rings (SSSR count). The third-order valence-corrected chi connectivity index (χ3v) is 13.0. The fourth-order valence-corrected chi connectivity index (χ4v) is 11.2.